The van der Waals surface area contributed by atoms with Crippen LogP contribution in [-0.4, -0.2) is 18.8 Å². The van der Waals surface area contributed by atoms with E-state index in [0.717, 1.165) is 0 Å². The molecule has 0 radical (unpaired) electrons. The van der Waals surface area contributed by atoms with Crippen molar-refractivity contribution in [2.75, 3.05) is 17.2 Å². The molecule has 0 unspecified atom stereocenters. The van der Waals surface area contributed by atoms with Gasteiger partial charge in [0.1, 0.15) is 5.75 Å². The summed E-state index contributed by atoms with van der Waals surface area (Å²) >= 11 is 5.85. The summed E-state index contributed by atoms with van der Waals surface area (Å²) in [6.07, 6.45) is -0.771. The summed E-state index contributed by atoms with van der Waals surface area (Å²) in [6.45, 7) is 1.93. The zero-order valence-corrected chi connectivity index (χ0v) is 13.1. The van der Waals surface area contributed by atoms with Crippen LogP contribution in [0.25, 0.3) is 0 Å². The van der Waals surface area contributed by atoms with Crippen molar-refractivity contribution in [2.24, 2.45) is 0 Å². The zero-order chi connectivity index (χ0) is 16.7. The molecule has 0 aliphatic rings. The molecule has 2 aromatic carbocycles. The number of hydrogen-bond acceptors (Lipinski definition) is 4. The van der Waals surface area contributed by atoms with Gasteiger partial charge >= 0.3 is 12.2 Å². The van der Waals surface area contributed by atoms with Crippen LogP contribution in [-0.2, 0) is 4.74 Å². The monoisotopic (exact) mass is 334 g/mol. The third-order valence-corrected chi connectivity index (χ3v) is 2.89. The SMILES string of the molecule is CCOC(=O)Oc1ccc(NC(=O)Nc2cccc(Cl)c2)cc1. The number of urea groups is 1. The van der Waals surface area contributed by atoms with Gasteiger partial charge in [0, 0.05) is 16.4 Å². The Morgan fingerprint density at radius 2 is 1.74 bits per heavy atom. The molecule has 23 heavy (non-hydrogen) atoms. The molecule has 0 bridgehead atoms. The Hall–Kier alpha value is -2.73. The summed E-state index contributed by atoms with van der Waals surface area (Å²) in [5.41, 5.74) is 1.12. The highest BCUT2D eigenvalue weighted by molar-refractivity contribution is 6.30. The number of benzene rings is 2. The van der Waals surface area contributed by atoms with E-state index in [-0.39, 0.29) is 6.61 Å². The summed E-state index contributed by atoms with van der Waals surface area (Å²) in [6, 6.07) is 12.7. The van der Waals surface area contributed by atoms with Crippen molar-refractivity contribution < 1.29 is 19.1 Å². The fourth-order valence-corrected chi connectivity index (χ4v) is 1.90. The van der Waals surface area contributed by atoms with Crippen LogP contribution in [0.15, 0.2) is 48.5 Å². The average molecular weight is 335 g/mol. The van der Waals surface area contributed by atoms with Crippen LogP contribution < -0.4 is 15.4 Å². The van der Waals surface area contributed by atoms with Crippen molar-refractivity contribution in [3.8, 4) is 5.75 Å². The highest BCUT2D eigenvalue weighted by Crippen LogP contribution is 2.18. The highest BCUT2D eigenvalue weighted by atomic mass is 35.5. The van der Waals surface area contributed by atoms with Gasteiger partial charge in [-0.15, -0.1) is 0 Å². The van der Waals surface area contributed by atoms with Crippen molar-refractivity contribution in [1.29, 1.82) is 0 Å². The molecule has 0 atom stereocenters. The molecule has 2 amide bonds. The van der Waals surface area contributed by atoms with E-state index in [1.165, 1.54) is 0 Å². The first kappa shape index (κ1) is 16.6. The molecule has 0 fully saturated rings. The number of carbonyl (C=O) groups is 2. The van der Waals surface area contributed by atoms with Crippen molar-refractivity contribution in [3.63, 3.8) is 0 Å². The summed E-state index contributed by atoms with van der Waals surface area (Å²) in [5, 5.41) is 5.84. The van der Waals surface area contributed by atoms with E-state index in [1.807, 2.05) is 0 Å². The number of anilines is 2. The van der Waals surface area contributed by atoms with E-state index in [1.54, 1.807) is 55.5 Å². The van der Waals surface area contributed by atoms with Crippen LogP contribution in [0.5, 0.6) is 5.75 Å². The molecule has 0 aliphatic carbocycles. The molecule has 2 rings (SSSR count). The minimum absolute atomic E-state index is 0.238. The van der Waals surface area contributed by atoms with Crippen LogP contribution in [0.1, 0.15) is 6.92 Å². The number of rotatable bonds is 4. The van der Waals surface area contributed by atoms with Gasteiger partial charge in [0.15, 0.2) is 0 Å². The first-order chi connectivity index (χ1) is 11.1. The second-order valence-electron chi connectivity index (χ2n) is 4.40. The molecular weight excluding hydrogens is 320 g/mol. The molecular formula is C16H15ClN2O4. The second kappa shape index (κ2) is 8.05. The summed E-state index contributed by atoms with van der Waals surface area (Å²) in [7, 11) is 0. The summed E-state index contributed by atoms with van der Waals surface area (Å²) in [5.74, 6) is 0.323. The summed E-state index contributed by atoms with van der Waals surface area (Å²) in [4.78, 5) is 23.0. The zero-order valence-electron chi connectivity index (χ0n) is 12.3. The molecule has 120 valence electrons. The largest absolute Gasteiger partial charge is 0.513 e. The molecule has 2 aromatic rings. The van der Waals surface area contributed by atoms with E-state index >= 15 is 0 Å². The smallest absolute Gasteiger partial charge is 0.434 e. The number of hydrogen-bond donors (Lipinski definition) is 2. The number of ether oxygens (including phenoxy) is 2. The first-order valence-electron chi connectivity index (χ1n) is 6.85. The van der Waals surface area contributed by atoms with Crippen LogP contribution in [0.4, 0.5) is 21.0 Å². The maximum absolute atomic E-state index is 11.9. The Morgan fingerprint density at radius 1 is 1.04 bits per heavy atom. The van der Waals surface area contributed by atoms with E-state index in [4.69, 9.17) is 16.3 Å². The molecule has 0 aliphatic heterocycles. The fraction of sp³-hybridized carbons (Fsp3) is 0.125. The number of amides is 2. The van der Waals surface area contributed by atoms with Gasteiger partial charge in [-0.05, 0) is 49.4 Å². The van der Waals surface area contributed by atoms with Crippen molar-refractivity contribution in [3.05, 3.63) is 53.6 Å². The first-order valence-corrected chi connectivity index (χ1v) is 7.23. The maximum atomic E-state index is 11.9. The van der Waals surface area contributed by atoms with Gasteiger partial charge in [-0.25, -0.2) is 9.59 Å². The molecule has 0 saturated carbocycles. The van der Waals surface area contributed by atoms with Gasteiger partial charge in [0.25, 0.3) is 0 Å². The standard InChI is InChI=1S/C16H15ClN2O4/c1-2-22-16(21)23-14-8-6-12(7-9-14)18-15(20)19-13-5-3-4-11(17)10-13/h3-10H,2H2,1H3,(H2,18,19,20). The van der Waals surface area contributed by atoms with Crippen molar-refractivity contribution >= 4 is 35.2 Å². The Kier molecular flexibility index (Phi) is 5.82. The molecule has 0 heterocycles. The number of halogens is 1. The van der Waals surface area contributed by atoms with E-state index < -0.39 is 12.2 Å². The molecule has 2 N–H and O–H groups in total. The molecule has 0 spiro atoms. The van der Waals surface area contributed by atoms with E-state index in [9.17, 15) is 9.59 Å². The quantitative estimate of drug-likeness (QED) is 0.636. The highest BCUT2D eigenvalue weighted by Gasteiger charge is 2.06. The Bertz CT molecular complexity index is 689. The van der Waals surface area contributed by atoms with Gasteiger partial charge in [-0.3, -0.25) is 0 Å². The average Bonchev–Trinajstić information content (AvgIpc) is 2.49. The lowest BCUT2D eigenvalue weighted by Crippen LogP contribution is -2.19. The van der Waals surface area contributed by atoms with Gasteiger partial charge in [-0.2, -0.15) is 0 Å². The normalized spacial score (nSPS) is 9.83. The van der Waals surface area contributed by atoms with Gasteiger partial charge < -0.3 is 20.1 Å². The Morgan fingerprint density at radius 3 is 2.39 bits per heavy atom. The molecule has 0 aromatic heterocycles. The van der Waals surface area contributed by atoms with Gasteiger partial charge in [0.05, 0.1) is 6.61 Å². The Labute approximate surface area is 138 Å². The lowest BCUT2D eigenvalue weighted by molar-refractivity contribution is 0.104. The van der Waals surface area contributed by atoms with Crippen LogP contribution in [0, 0.1) is 0 Å². The minimum atomic E-state index is -0.771. The third-order valence-electron chi connectivity index (χ3n) is 2.66. The van der Waals surface area contributed by atoms with Crippen molar-refractivity contribution in [2.45, 2.75) is 6.92 Å². The van der Waals surface area contributed by atoms with E-state index in [0.29, 0.717) is 22.1 Å². The van der Waals surface area contributed by atoms with Crippen LogP contribution in [0.3, 0.4) is 0 Å². The molecule has 0 saturated heterocycles. The maximum Gasteiger partial charge on any atom is 0.513 e. The van der Waals surface area contributed by atoms with Crippen LogP contribution in [0.2, 0.25) is 5.02 Å². The van der Waals surface area contributed by atoms with Gasteiger partial charge in [-0.1, -0.05) is 17.7 Å². The third kappa shape index (κ3) is 5.52. The fourth-order valence-electron chi connectivity index (χ4n) is 1.71. The van der Waals surface area contributed by atoms with Gasteiger partial charge in [0.2, 0.25) is 0 Å². The topological polar surface area (TPSA) is 76.7 Å². The molecule has 6 nitrogen and oxygen atoms in total. The lowest BCUT2D eigenvalue weighted by atomic mass is 10.3. The summed E-state index contributed by atoms with van der Waals surface area (Å²) < 4.78 is 9.58. The minimum Gasteiger partial charge on any atom is -0.434 e. The lowest BCUT2D eigenvalue weighted by Gasteiger charge is -2.09. The van der Waals surface area contributed by atoms with E-state index in [2.05, 4.69) is 15.4 Å². The van der Waals surface area contributed by atoms with Crippen LogP contribution >= 0.6 is 11.6 Å². The predicted molar refractivity (Wildman–Crippen MR) is 88.2 cm³/mol. The number of carbonyl (C=O) groups excluding carboxylic acids is 2. The Balaban J connectivity index is 1.90. The number of nitrogens with one attached hydrogen (secondary N) is 2. The second-order valence-corrected chi connectivity index (χ2v) is 4.84. The predicted octanol–water partition coefficient (Wildman–Crippen LogP) is 4.52. The van der Waals surface area contributed by atoms with Crippen molar-refractivity contribution in [1.82, 2.24) is 0 Å². The molecule has 7 heteroatoms.